The number of nitrogen functional groups attached to an aromatic ring is 2. The van der Waals surface area contributed by atoms with E-state index in [2.05, 4.69) is 0 Å². The third kappa shape index (κ3) is 2.04. The molecule has 0 aromatic heterocycles. The fourth-order valence-corrected chi connectivity index (χ4v) is 3.42. The van der Waals surface area contributed by atoms with Gasteiger partial charge >= 0.3 is 0 Å². The van der Waals surface area contributed by atoms with Crippen molar-refractivity contribution >= 4 is 21.2 Å². The van der Waals surface area contributed by atoms with E-state index in [1.54, 1.807) is 0 Å². The second-order valence-corrected chi connectivity index (χ2v) is 5.72. The summed E-state index contributed by atoms with van der Waals surface area (Å²) in [5, 5.41) is 19.3. The van der Waals surface area contributed by atoms with E-state index in [-0.39, 0.29) is 16.3 Å². The molecule has 0 unspecified atom stereocenters. The smallest absolute Gasteiger partial charge is 0.218 e. The van der Waals surface area contributed by atoms with Gasteiger partial charge in [0, 0.05) is 0 Å². The van der Waals surface area contributed by atoms with Gasteiger partial charge in [-0.25, -0.2) is 8.42 Å². The number of benzene rings is 2. The second kappa shape index (κ2) is 4.36. The van der Waals surface area contributed by atoms with Gasteiger partial charge in [0.25, 0.3) is 0 Å². The third-order valence-electron chi connectivity index (χ3n) is 2.59. The average Bonchev–Trinajstić information content (AvgIpc) is 2.27. The molecule has 0 aliphatic carbocycles. The van der Waals surface area contributed by atoms with Gasteiger partial charge in [0.2, 0.25) is 9.84 Å². The zero-order chi connectivity index (χ0) is 14.2. The monoisotopic (exact) mass is 280 g/mol. The van der Waals surface area contributed by atoms with Crippen LogP contribution in [0.15, 0.2) is 46.2 Å². The molecular formula is C12H12N2O4S. The number of rotatable bonds is 2. The molecule has 7 heteroatoms. The highest BCUT2D eigenvalue weighted by molar-refractivity contribution is 7.92. The van der Waals surface area contributed by atoms with Gasteiger partial charge in [-0.2, -0.15) is 0 Å². The lowest BCUT2D eigenvalue weighted by Crippen LogP contribution is -2.09. The first-order chi connectivity index (χ1) is 8.85. The number of phenols is 2. The van der Waals surface area contributed by atoms with E-state index in [4.69, 9.17) is 11.5 Å². The predicted octanol–water partition coefficient (Wildman–Crippen LogP) is 1.09. The van der Waals surface area contributed by atoms with Gasteiger partial charge in [-0.1, -0.05) is 12.1 Å². The van der Waals surface area contributed by atoms with Crippen LogP contribution in [0, 0.1) is 0 Å². The van der Waals surface area contributed by atoms with Crippen molar-refractivity contribution in [2.75, 3.05) is 11.5 Å². The Morgan fingerprint density at radius 2 is 1.21 bits per heavy atom. The summed E-state index contributed by atoms with van der Waals surface area (Å²) >= 11 is 0. The maximum absolute atomic E-state index is 12.4. The first-order valence-electron chi connectivity index (χ1n) is 5.25. The lowest BCUT2D eigenvalue weighted by Gasteiger charge is -2.12. The van der Waals surface area contributed by atoms with Gasteiger partial charge in [0.15, 0.2) is 4.90 Å². The molecule has 0 bridgehead atoms. The molecule has 6 N–H and O–H groups in total. The number of nitrogens with two attached hydrogens (primary N) is 2. The Morgan fingerprint density at radius 1 is 0.789 bits per heavy atom. The van der Waals surface area contributed by atoms with Crippen LogP contribution in [0.5, 0.6) is 11.5 Å². The Bertz CT molecular complexity index is 643. The summed E-state index contributed by atoms with van der Waals surface area (Å²) in [5.41, 5.74) is 11.1. The SMILES string of the molecule is Nc1cccc(N)c1S(=O)(=O)c1c(O)cccc1O. The van der Waals surface area contributed by atoms with Gasteiger partial charge in [-0.15, -0.1) is 0 Å². The number of anilines is 2. The molecule has 6 nitrogen and oxygen atoms in total. The minimum atomic E-state index is -4.21. The Kier molecular flexibility index (Phi) is 2.99. The minimum absolute atomic E-state index is 0.0531. The van der Waals surface area contributed by atoms with E-state index in [1.165, 1.54) is 24.3 Å². The molecule has 2 rings (SSSR count). The minimum Gasteiger partial charge on any atom is -0.506 e. The predicted molar refractivity (Wildman–Crippen MR) is 70.5 cm³/mol. The number of phenolic OH excluding ortho intramolecular Hbond substituents is 2. The molecule has 0 aliphatic heterocycles. The summed E-state index contributed by atoms with van der Waals surface area (Å²) in [6, 6.07) is 7.89. The molecule has 0 aliphatic rings. The van der Waals surface area contributed by atoms with Gasteiger partial charge in [-0.3, -0.25) is 0 Å². The summed E-state index contributed by atoms with van der Waals surface area (Å²) in [6.45, 7) is 0. The van der Waals surface area contributed by atoms with Crippen molar-refractivity contribution in [2.24, 2.45) is 0 Å². The average molecular weight is 280 g/mol. The third-order valence-corrected chi connectivity index (χ3v) is 4.55. The second-order valence-electron chi connectivity index (χ2n) is 3.89. The normalized spacial score (nSPS) is 11.4. The van der Waals surface area contributed by atoms with Crippen molar-refractivity contribution in [1.29, 1.82) is 0 Å². The molecule has 2 aromatic carbocycles. The highest BCUT2D eigenvalue weighted by Crippen LogP contribution is 2.39. The molecule has 19 heavy (non-hydrogen) atoms. The van der Waals surface area contributed by atoms with Crippen LogP contribution in [0.25, 0.3) is 0 Å². The summed E-state index contributed by atoms with van der Waals surface area (Å²) in [5.74, 6) is -1.13. The number of sulfone groups is 1. The molecule has 0 radical (unpaired) electrons. The Balaban J connectivity index is 2.81. The molecule has 0 spiro atoms. The Morgan fingerprint density at radius 3 is 1.68 bits per heavy atom. The van der Waals surface area contributed by atoms with Crippen molar-refractivity contribution in [2.45, 2.75) is 9.79 Å². The molecule has 0 saturated heterocycles. The van der Waals surface area contributed by atoms with Crippen LogP contribution in [0.3, 0.4) is 0 Å². The van der Waals surface area contributed by atoms with E-state index >= 15 is 0 Å². The molecular weight excluding hydrogens is 268 g/mol. The van der Waals surface area contributed by atoms with Crippen LogP contribution in [0.4, 0.5) is 11.4 Å². The maximum atomic E-state index is 12.4. The summed E-state index contributed by atoms with van der Waals surface area (Å²) in [7, 11) is -4.21. The number of hydrogen-bond donors (Lipinski definition) is 4. The van der Waals surface area contributed by atoms with E-state index in [1.807, 2.05) is 0 Å². The maximum Gasteiger partial charge on any atom is 0.218 e. The highest BCUT2D eigenvalue weighted by Gasteiger charge is 2.29. The van der Waals surface area contributed by atoms with Gasteiger partial charge in [-0.05, 0) is 24.3 Å². The molecule has 0 amide bonds. The van der Waals surface area contributed by atoms with Gasteiger partial charge in [0.1, 0.15) is 16.4 Å². The van der Waals surface area contributed by atoms with Crippen LogP contribution in [0.1, 0.15) is 0 Å². The van der Waals surface area contributed by atoms with E-state index in [0.717, 1.165) is 12.1 Å². The molecule has 0 heterocycles. The van der Waals surface area contributed by atoms with Crippen molar-refractivity contribution < 1.29 is 18.6 Å². The fraction of sp³-hybridized carbons (Fsp3) is 0. The van der Waals surface area contributed by atoms with Gasteiger partial charge in [0.05, 0.1) is 11.4 Å². The lowest BCUT2D eigenvalue weighted by molar-refractivity contribution is 0.423. The van der Waals surface area contributed by atoms with Crippen LogP contribution >= 0.6 is 0 Å². The zero-order valence-electron chi connectivity index (χ0n) is 9.74. The van der Waals surface area contributed by atoms with Crippen molar-refractivity contribution in [3.05, 3.63) is 36.4 Å². The number of hydrogen-bond acceptors (Lipinski definition) is 6. The Hall–Kier alpha value is -2.41. The van der Waals surface area contributed by atoms with Crippen molar-refractivity contribution in [3.8, 4) is 11.5 Å². The molecule has 0 fully saturated rings. The van der Waals surface area contributed by atoms with Crippen LogP contribution in [0.2, 0.25) is 0 Å². The largest absolute Gasteiger partial charge is 0.506 e. The topological polar surface area (TPSA) is 127 Å². The molecule has 0 atom stereocenters. The summed E-state index contributed by atoms with van der Waals surface area (Å²) < 4.78 is 24.9. The molecule has 2 aromatic rings. The standard InChI is InChI=1S/C12H12N2O4S/c13-7-3-1-4-8(14)11(7)19(17,18)12-9(15)5-2-6-10(12)16/h1-6,15-16H,13-14H2. The fourth-order valence-electron chi connectivity index (χ4n) is 1.77. The van der Waals surface area contributed by atoms with Crippen molar-refractivity contribution in [1.82, 2.24) is 0 Å². The van der Waals surface area contributed by atoms with E-state index in [9.17, 15) is 18.6 Å². The van der Waals surface area contributed by atoms with Crippen LogP contribution in [-0.2, 0) is 9.84 Å². The molecule has 100 valence electrons. The lowest BCUT2D eigenvalue weighted by atomic mass is 10.3. The zero-order valence-corrected chi connectivity index (χ0v) is 10.6. The highest BCUT2D eigenvalue weighted by atomic mass is 32.2. The summed E-state index contributed by atoms with van der Waals surface area (Å²) in [6.07, 6.45) is 0. The number of aromatic hydroxyl groups is 2. The van der Waals surface area contributed by atoms with Crippen LogP contribution in [-0.4, -0.2) is 18.6 Å². The Labute approximate surface area is 109 Å². The molecule has 0 saturated carbocycles. The quantitative estimate of drug-likeness (QED) is 0.610. The van der Waals surface area contributed by atoms with E-state index in [0.29, 0.717) is 0 Å². The van der Waals surface area contributed by atoms with Gasteiger partial charge < -0.3 is 21.7 Å². The van der Waals surface area contributed by atoms with Crippen LogP contribution < -0.4 is 11.5 Å². The first-order valence-corrected chi connectivity index (χ1v) is 6.74. The first kappa shape index (κ1) is 13.0. The van der Waals surface area contributed by atoms with E-state index < -0.39 is 26.2 Å². The summed E-state index contributed by atoms with van der Waals surface area (Å²) in [4.78, 5) is -0.939. The van der Waals surface area contributed by atoms with Crippen molar-refractivity contribution in [3.63, 3.8) is 0 Å².